The van der Waals surface area contributed by atoms with E-state index in [1.165, 1.54) is 0 Å². The lowest BCUT2D eigenvalue weighted by Crippen LogP contribution is -2.51. The fraction of sp³-hybridized carbons (Fsp3) is 0.556. The summed E-state index contributed by atoms with van der Waals surface area (Å²) < 4.78 is 5.62. The summed E-state index contributed by atoms with van der Waals surface area (Å²) in [6, 6.07) is 4.76. The first-order chi connectivity index (χ1) is 10.5. The molecule has 0 spiro atoms. The van der Waals surface area contributed by atoms with Crippen LogP contribution in [0.2, 0.25) is 0 Å². The van der Waals surface area contributed by atoms with Gasteiger partial charge in [0.25, 0.3) is 5.91 Å². The zero-order chi connectivity index (χ0) is 17.8. The lowest BCUT2D eigenvalue weighted by molar-refractivity contribution is -0.309. The molecule has 1 aromatic rings. The molecule has 0 aliphatic heterocycles. The van der Waals surface area contributed by atoms with E-state index in [2.05, 4.69) is 26.1 Å². The van der Waals surface area contributed by atoms with E-state index < -0.39 is 17.9 Å². The number of carbonyl (C=O) groups is 2. The molecule has 0 fully saturated rings. The largest absolute Gasteiger partial charge is 0.548 e. The highest BCUT2D eigenvalue weighted by molar-refractivity contribution is 5.83. The molecule has 1 atom stereocenters. The molecule has 5 heteroatoms. The summed E-state index contributed by atoms with van der Waals surface area (Å²) in [6.07, 6.45) is 0. The van der Waals surface area contributed by atoms with Gasteiger partial charge in [-0.05, 0) is 29.9 Å². The highest BCUT2D eigenvalue weighted by atomic mass is 16.5. The van der Waals surface area contributed by atoms with Crippen molar-refractivity contribution >= 4 is 11.9 Å². The Morgan fingerprint density at radius 2 is 1.87 bits per heavy atom. The van der Waals surface area contributed by atoms with Gasteiger partial charge in [0.15, 0.2) is 6.61 Å². The van der Waals surface area contributed by atoms with Gasteiger partial charge in [0.1, 0.15) is 5.75 Å². The van der Waals surface area contributed by atoms with Gasteiger partial charge in [0, 0.05) is 0 Å². The number of hydrogen-bond donors (Lipinski definition) is 1. The van der Waals surface area contributed by atoms with Crippen LogP contribution in [0.1, 0.15) is 45.7 Å². The first-order valence-corrected chi connectivity index (χ1v) is 7.76. The third kappa shape index (κ3) is 5.58. The number of aryl methyl sites for hydroxylation is 1. The first-order valence-electron chi connectivity index (χ1n) is 7.76. The lowest BCUT2D eigenvalue weighted by atomic mass is 9.85. The molecule has 0 saturated heterocycles. The Morgan fingerprint density at radius 1 is 1.26 bits per heavy atom. The highest BCUT2D eigenvalue weighted by Crippen LogP contribution is 2.32. The number of carbonyl (C=O) groups excluding carboxylic acids is 2. The molecule has 0 aromatic heterocycles. The van der Waals surface area contributed by atoms with Crippen molar-refractivity contribution < 1.29 is 19.4 Å². The lowest BCUT2D eigenvalue weighted by Gasteiger charge is -2.25. The van der Waals surface area contributed by atoms with Crippen molar-refractivity contribution in [2.24, 2.45) is 5.92 Å². The van der Waals surface area contributed by atoms with Crippen molar-refractivity contribution in [2.45, 2.75) is 53.0 Å². The molecule has 0 saturated carbocycles. The van der Waals surface area contributed by atoms with Crippen LogP contribution >= 0.6 is 0 Å². The second kappa shape index (κ2) is 7.49. The van der Waals surface area contributed by atoms with E-state index >= 15 is 0 Å². The van der Waals surface area contributed by atoms with Gasteiger partial charge in [0.2, 0.25) is 0 Å². The maximum absolute atomic E-state index is 11.9. The van der Waals surface area contributed by atoms with Crippen LogP contribution in [0.4, 0.5) is 0 Å². The number of carboxylic acid groups (broad SMARTS) is 1. The maximum Gasteiger partial charge on any atom is 0.258 e. The summed E-state index contributed by atoms with van der Waals surface area (Å²) in [7, 11) is 0. The standard InChI is InChI=1S/C18H27NO4/c1-11(2)16(17(21)22)19-15(20)10-23-14-8-7-12(3)9-13(14)18(4,5)6/h7-9,11,16H,10H2,1-6H3,(H,19,20)(H,21,22)/p-1/t16-/m1/s1. The molecule has 1 aromatic carbocycles. The molecule has 23 heavy (non-hydrogen) atoms. The van der Waals surface area contributed by atoms with E-state index in [9.17, 15) is 14.7 Å². The number of aliphatic carboxylic acids is 1. The molecule has 1 rings (SSSR count). The van der Waals surface area contributed by atoms with Crippen LogP contribution in [0, 0.1) is 12.8 Å². The average Bonchev–Trinajstić information content (AvgIpc) is 2.41. The van der Waals surface area contributed by atoms with Crippen LogP contribution in [0.3, 0.4) is 0 Å². The Bertz CT molecular complexity index is 573. The van der Waals surface area contributed by atoms with Gasteiger partial charge >= 0.3 is 0 Å². The first kappa shape index (κ1) is 19.0. The molecule has 128 valence electrons. The number of carboxylic acids is 1. The molecular formula is C18H26NO4-. The molecular weight excluding hydrogens is 294 g/mol. The SMILES string of the molecule is Cc1ccc(OCC(=O)N[C@@H](C(=O)[O-])C(C)C)c(C(C)(C)C)c1. The molecule has 5 nitrogen and oxygen atoms in total. The minimum Gasteiger partial charge on any atom is -0.548 e. The summed E-state index contributed by atoms with van der Waals surface area (Å²) in [5.41, 5.74) is 2.00. The topological polar surface area (TPSA) is 78.5 Å². The van der Waals surface area contributed by atoms with Gasteiger partial charge < -0.3 is 20.0 Å². The highest BCUT2D eigenvalue weighted by Gasteiger charge is 2.21. The Balaban J connectivity index is 2.79. The number of rotatable bonds is 6. The zero-order valence-electron chi connectivity index (χ0n) is 14.7. The van der Waals surface area contributed by atoms with Crippen molar-refractivity contribution in [1.82, 2.24) is 5.32 Å². The summed E-state index contributed by atoms with van der Waals surface area (Å²) in [5.74, 6) is -1.39. The van der Waals surface area contributed by atoms with Crippen molar-refractivity contribution in [3.63, 3.8) is 0 Å². The predicted molar refractivity (Wildman–Crippen MR) is 87.1 cm³/mol. The zero-order valence-corrected chi connectivity index (χ0v) is 14.7. The monoisotopic (exact) mass is 320 g/mol. The van der Waals surface area contributed by atoms with Gasteiger partial charge in [0.05, 0.1) is 12.0 Å². The summed E-state index contributed by atoms with van der Waals surface area (Å²) in [4.78, 5) is 22.9. The van der Waals surface area contributed by atoms with Crippen LogP contribution in [0.5, 0.6) is 5.75 Å². The molecule has 1 N–H and O–H groups in total. The average molecular weight is 320 g/mol. The van der Waals surface area contributed by atoms with Crippen molar-refractivity contribution in [1.29, 1.82) is 0 Å². The molecule has 0 radical (unpaired) electrons. The Labute approximate surface area is 138 Å². The summed E-state index contributed by atoms with van der Waals surface area (Å²) in [6.45, 7) is 11.4. The Hall–Kier alpha value is -2.04. The van der Waals surface area contributed by atoms with Crippen LogP contribution in [0.25, 0.3) is 0 Å². The van der Waals surface area contributed by atoms with E-state index in [1.807, 2.05) is 25.1 Å². The van der Waals surface area contributed by atoms with Crippen LogP contribution in [-0.2, 0) is 15.0 Å². The van der Waals surface area contributed by atoms with Crippen LogP contribution < -0.4 is 15.2 Å². The normalized spacial score (nSPS) is 12.8. The van der Waals surface area contributed by atoms with E-state index in [4.69, 9.17) is 4.74 Å². The minimum absolute atomic E-state index is 0.122. The molecule has 0 unspecified atom stereocenters. The Morgan fingerprint density at radius 3 is 2.35 bits per heavy atom. The fourth-order valence-electron chi connectivity index (χ4n) is 2.21. The molecule has 0 bridgehead atoms. The quantitative estimate of drug-likeness (QED) is 0.863. The van der Waals surface area contributed by atoms with Gasteiger partial charge in [-0.1, -0.05) is 52.3 Å². The van der Waals surface area contributed by atoms with E-state index in [1.54, 1.807) is 13.8 Å². The van der Waals surface area contributed by atoms with Crippen LogP contribution in [0.15, 0.2) is 18.2 Å². The summed E-state index contributed by atoms with van der Waals surface area (Å²) >= 11 is 0. The van der Waals surface area contributed by atoms with E-state index in [0.717, 1.165) is 11.1 Å². The van der Waals surface area contributed by atoms with Gasteiger partial charge in [-0.3, -0.25) is 4.79 Å². The predicted octanol–water partition coefficient (Wildman–Crippen LogP) is 1.56. The Kier molecular flexibility index (Phi) is 6.19. The second-order valence-corrected chi connectivity index (χ2v) is 7.15. The number of benzene rings is 1. The van der Waals surface area contributed by atoms with Gasteiger partial charge in [-0.2, -0.15) is 0 Å². The molecule has 0 aliphatic carbocycles. The van der Waals surface area contributed by atoms with E-state index in [0.29, 0.717) is 5.75 Å². The molecule has 0 heterocycles. The van der Waals surface area contributed by atoms with Gasteiger partial charge in [-0.25, -0.2) is 0 Å². The third-order valence-corrected chi connectivity index (χ3v) is 3.54. The summed E-state index contributed by atoms with van der Waals surface area (Å²) in [5, 5.41) is 13.4. The number of ether oxygens (including phenoxy) is 1. The van der Waals surface area contributed by atoms with Crippen molar-refractivity contribution in [2.75, 3.05) is 6.61 Å². The number of amides is 1. The van der Waals surface area contributed by atoms with Crippen molar-refractivity contribution in [3.8, 4) is 5.75 Å². The minimum atomic E-state index is -1.29. The number of nitrogens with one attached hydrogen (secondary N) is 1. The van der Waals surface area contributed by atoms with Gasteiger partial charge in [-0.15, -0.1) is 0 Å². The second-order valence-electron chi connectivity index (χ2n) is 7.15. The fourth-order valence-corrected chi connectivity index (χ4v) is 2.21. The number of hydrogen-bond acceptors (Lipinski definition) is 4. The molecule has 1 amide bonds. The third-order valence-electron chi connectivity index (χ3n) is 3.54. The smallest absolute Gasteiger partial charge is 0.258 e. The van der Waals surface area contributed by atoms with E-state index in [-0.39, 0.29) is 17.9 Å². The maximum atomic E-state index is 11.9. The van der Waals surface area contributed by atoms with Crippen LogP contribution in [-0.4, -0.2) is 24.5 Å². The molecule has 0 aliphatic rings. The van der Waals surface area contributed by atoms with Crippen molar-refractivity contribution in [3.05, 3.63) is 29.3 Å².